The van der Waals surface area contributed by atoms with Gasteiger partial charge in [-0.3, -0.25) is 0 Å². The molecule has 0 fully saturated rings. The highest BCUT2D eigenvalue weighted by Crippen LogP contribution is 2.44. The zero-order chi connectivity index (χ0) is 46.1. The molecule has 4 aromatic heterocycles. The van der Waals surface area contributed by atoms with E-state index in [2.05, 4.69) is 41.0 Å². The SMILES string of the molecule is [B]c1c([B])c([B])c2c(oc3c([B])c([B])c(-n4c5ccc(-c6c([B])c([B])c(C)c7c6oc6c([B])c([B])c([B])c([B])c67)cc5c5c6c7ccccc7n(-c7ccccc7)c6ccc54)c([B])c32)c1[B]. The largest absolute Gasteiger partial charge is 0.457 e. The van der Waals surface area contributed by atoms with E-state index in [-0.39, 0.29) is 76.8 Å². The first-order valence-electron chi connectivity index (χ1n) is 20.8. The van der Waals surface area contributed by atoms with E-state index in [1.165, 1.54) is 0 Å². The summed E-state index contributed by atoms with van der Waals surface area (Å²) in [5, 5.41) is 5.48. The Hall–Kier alpha value is -6.20. The average molecular weight is 806 g/mol. The molecule has 0 N–H and O–H groups in total. The molecule has 0 unspecified atom stereocenters. The van der Waals surface area contributed by atoms with E-state index in [9.17, 15) is 0 Å². The van der Waals surface area contributed by atoms with Crippen LogP contribution in [-0.2, 0) is 0 Å². The summed E-state index contributed by atoms with van der Waals surface area (Å²) < 4.78 is 17.1. The minimum atomic E-state index is 0.0809. The van der Waals surface area contributed by atoms with Crippen molar-refractivity contribution in [1.82, 2.24) is 9.13 Å². The van der Waals surface area contributed by atoms with Crippen LogP contribution in [0.1, 0.15) is 5.56 Å². The topological polar surface area (TPSA) is 36.1 Å². The molecule has 0 bridgehead atoms. The summed E-state index contributed by atoms with van der Waals surface area (Å²) in [7, 11) is 86.9. The minimum Gasteiger partial charge on any atom is -0.457 e. The summed E-state index contributed by atoms with van der Waals surface area (Å²) in [5.41, 5.74) is 9.82. The van der Waals surface area contributed by atoms with Crippen molar-refractivity contribution in [1.29, 1.82) is 0 Å². The van der Waals surface area contributed by atoms with Crippen LogP contribution in [0, 0.1) is 6.92 Å². The molecule has 0 atom stereocenters. The fraction of sp³-hybridized carbons (Fsp3) is 0.0204. The summed E-state index contributed by atoms with van der Waals surface area (Å²) in [4.78, 5) is 0. The lowest BCUT2D eigenvalue weighted by Crippen LogP contribution is -2.47. The van der Waals surface area contributed by atoms with Crippen LogP contribution in [0.3, 0.4) is 0 Å². The summed E-state index contributed by atoms with van der Waals surface area (Å²) in [5.74, 6) is 0. The zero-order valence-electron chi connectivity index (χ0n) is 35.3. The first-order valence-corrected chi connectivity index (χ1v) is 20.8. The molecule has 0 aliphatic heterocycles. The van der Waals surface area contributed by atoms with Crippen LogP contribution >= 0.6 is 0 Å². The number of rotatable bonds is 3. The number of fused-ring (bicyclic) bond motifs is 13. The number of para-hydroxylation sites is 2. The monoisotopic (exact) mass is 808 g/mol. The van der Waals surface area contributed by atoms with E-state index in [0.29, 0.717) is 65.9 Å². The first-order chi connectivity index (χ1) is 31.6. The number of hydrogen-bond donors (Lipinski definition) is 0. The summed E-state index contributed by atoms with van der Waals surface area (Å²) in [6.07, 6.45) is 0. The normalized spacial score (nSPS) is 12.2. The first kappa shape index (κ1) is 41.3. The van der Waals surface area contributed by atoms with Gasteiger partial charge in [-0.15, -0.1) is 21.9 Å². The molecule has 0 amide bonds. The summed E-state index contributed by atoms with van der Waals surface area (Å²) >= 11 is 0. The van der Waals surface area contributed by atoms with Crippen molar-refractivity contribution in [3.05, 3.63) is 90.5 Å². The third-order valence-corrected chi connectivity index (χ3v) is 13.6. The second kappa shape index (κ2) is 14.2. The van der Waals surface area contributed by atoms with Crippen LogP contribution in [0.4, 0.5) is 0 Å². The number of aryl methyl sites for hydroxylation is 1. The molecule has 12 aromatic rings. The van der Waals surface area contributed by atoms with Crippen molar-refractivity contribution in [2.24, 2.45) is 0 Å². The van der Waals surface area contributed by atoms with Crippen LogP contribution in [0.15, 0.2) is 93.8 Å². The van der Waals surface area contributed by atoms with E-state index in [1.807, 2.05) is 60.0 Å². The Balaban J connectivity index is 1.28. The van der Waals surface area contributed by atoms with Gasteiger partial charge in [0, 0.05) is 60.0 Å². The Kier molecular flexibility index (Phi) is 8.85. The van der Waals surface area contributed by atoms with Crippen LogP contribution in [0.5, 0.6) is 0 Å². The van der Waals surface area contributed by atoms with Gasteiger partial charge in [-0.2, -0.15) is 0 Å². The molecule has 0 aliphatic rings. The summed E-state index contributed by atoms with van der Waals surface area (Å²) in [6.45, 7) is 1.84. The third kappa shape index (κ3) is 5.12. The van der Waals surface area contributed by atoms with Crippen molar-refractivity contribution in [3.63, 3.8) is 0 Å². The lowest BCUT2D eigenvalue weighted by Gasteiger charge is -2.20. The second-order valence-corrected chi connectivity index (χ2v) is 16.9. The van der Waals surface area contributed by atoms with Gasteiger partial charge in [0.25, 0.3) is 0 Å². The van der Waals surface area contributed by atoms with Gasteiger partial charge in [0.15, 0.2) is 0 Å². The molecule has 17 heteroatoms. The van der Waals surface area contributed by atoms with Crippen molar-refractivity contribution >= 4 is 261 Å². The molecule has 0 spiro atoms. The molecule has 12 rings (SSSR count). The summed E-state index contributed by atoms with van der Waals surface area (Å²) in [6, 6.07) is 28.5. The highest BCUT2D eigenvalue weighted by molar-refractivity contribution is 6.70. The molecule has 66 heavy (non-hydrogen) atoms. The smallest absolute Gasteiger partial charge is 0.142 e. The van der Waals surface area contributed by atoms with E-state index in [0.717, 1.165) is 43.8 Å². The van der Waals surface area contributed by atoms with Gasteiger partial charge in [0.05, 0.1) is 22.1 Å². The maximum absolute atomic E-state index is 7.31. The number of aromatic nitrogens is 2. The maximum atomic E-state index is 7.31. The van der Waals surface area contributed by atoms with E-state index in [1.54, 1.807) is 0 Å². The van der Waals surface area contributed by atoms with Crippen LogP contribution in [-0.4, -0.2) is 111 Å². The Morgan fingerprint density at radius 1 is 0.348 bits per heavy atom. The predicted octanol–water partition coefficient (Wildman–Crippen LogP) is -2.03. The molecular formula is C49H17B13N2O2. The fourth-order valence-corrected chi connectivity index (χ4v) is 10.3. The van der Waals surface area contributed by atoms with Crippen LogP contribution in [0.2, 0.25) is 0 Å². The molecule has 0 aliphatic carbocycles. The van der Waals surface area contributed by atoms with Crippen LogP contribution < -0.4 is 71.0 Å². The van der Waals surface area contributed by atoms with Gasteiger partial charge >= 0.3 is 0 Å². The van der Waals surface area contributed by atoms with Crippen molar-refractivity contribution in [3.8, 4) is 22.5 Å². The van der Waals surface area contributed by atoms with Gasteiger partial charge in [-0.1, -0.05) is 91.6 Å². The number of benzene rings is 8. The number of nitrogens with zero attached hydrogens (tertiary/aromatic N) is 2. The lowest BCUT2D eigenvalue weighted by molar-refractivity contribution is 0.673. The van der Waals surface area contributed by atoms with E-state index in [4.69, 9.17) is 111 Å². The van der Waals surface area contributed by atoms with Gasteiger partial charge in [0.2, 0.25) is 0 Å². The van der Waals surface area contributed by atoms with Crippen molar-refractivity contribution < 1.29 is 8.83 Å². The van der Waals surface area contributed by atoms with Crippen molar-refractivity contribution in [2.45, 2.75) is 6.92 Å². The minimum absolute atomic E-state index is 0.0809. The highest BCUT2D eigenvalue weighted by Gasteiger charge is 2.28. The molecule has 4 heterocycles. The lowest BCUT2D eigenvalue weighted by atomic mass is 9.65. The van der Waals surface area contributed by atoms with Gasteiger partial charge < -0.3 is 18.0 Å². The van der Waals surface area contributed by atoms with Gasteiger partial charge in [-0.05, 0) is 60.5 Å². The van der Waals surface area contributed by atoms with E-state index >= 15 is 0 Å². The Labute approximate surface area is 396 Å². The van der Waals surface area contributed by atoms with E-state index < -0.39 is 0 Å². The number of hydrogen-bond acceptors (Lipinski definition) is 2. The van der Waals surface area contributed by atoms with Crippen LogP contribution in [0.25, 0.3) is 110 Å². The average Bonchev–Trinajstić information content (AvgIpc) is 4.09. The molecular weight excluding hydrogens is 789 g/mol. The molecule has 8 aromatic carbocycles. The predicted molar refractivity (Wildman–Crippen MR) is 290 cm³/mol. The number of furan rings is 2. The van der Waals surface area contributed by atoms with Gasteiger partial charge in [-0.25, -0.2) is 0 Å². The molecule has 4 nitrogen and oxygen atoms in total. The maximum Gasteiger partial charge on any atom is 0.142 e. The fourth-order valence-electron chi connectivity index (χ4n) is 10.3. The molecule has 26 radical (unpaired) electrons. The Morgan fingerprint density at radius 2 is 0.833 bits per heavy atom. The zero-order valence-corrected chi connectivity index (χ0v) is 35.3. The third-order valence-electron chi connectivity index (χ3n) is 13.6. The Morgan fingerprint density at radius 3 is 1.48 bits per heavy atom. The standard InChI is InChI=1S/C49H17B13N2O2/c1-16-25-29-34(52)37(55)39(57)42(60)47(29)65-46(25)26(33(51)32(16)50)17-11-12-22-20(15-17)28-24(14-13-23-27(28)19-9-5-6-10-21(19)63(23)18-7-3-2-4-8-18)64(22)45-36(54)31-30-35(53)38(56)40(58)43(61)48(30)66-49(31)44(62)41(45)59/h2-15H,1H3. The highest BCUT2D eigenvalue weighted by atomic mass is 16.3. The quantitative estimate of drug-likeness (QED) is 0.194. The molecule has 0 saturated carbocycles. The van der Waals surface area contributed by atoms with Crippen molar-refractivity contribution in [2.75, 3.05) is 0 Å². The molecule has 0 saturated heterocycles. The van der Waals surface area contributed by atoms with Gasteiger partial charge in [0.1, 0.15) is 124 Å². The second-order valence-electron chi connectivity index (χ2n) is 16.9. The Bertz CT molecular complexity index is 4220. The molecule has 274 valence electrons.